The van der Waals surface area contributed by atoms with E-state index < -0.39 is 0 Å². The molecular formula is C8H16ClNO2. The van der Waals surface area contributed by atoms with E-state index in [0.717, 1.165) is 19.6 Å². The number of alkyl halides is 1. The van der Waals surface area contributed by atoms with E-state index in [0.29, 0.717) is 12.5 Å². The van der Waals surface area contributed by atoms with Gasteiger partial charge < -0.3 is 4.74 Å². The van der Waals surface area contributed by atoms with E-state index in [1.165, 1.54) is 6.92 Å². The fourth-order valence-corrected chi connectivity index (χ4v) is 1.11. The summed E-state index contributed by atoms with van der Waals surface area (Å²) in [6.45, 7) is 6.48. The van der Waals surface area contributed by atoms with Gasteiger partial charge in [0.15, 0.2) is 0 Å². The van der Waals surface area contributed by atoms with Gasteiger partial charge in [0, 0.05) is 25.9 Å². The Morgan fingerprint density at radius 2 is 2.17 bits per heavy atom. The van der Waals surface area contributed by atoms with Crippen LogP contribution in [0.1, 0.15) is 13.8 Å². The first-order valence-corrected chi connectivity index (χ1v) is 4.65. The van der Waals surface area contributed by atoms with Crippen LogP contribution in [0.2, 0.25) is 0 Å². The molecule has 0 heterocycles. The van der Waals surface area contributed by atoms with Crippen molar-refractivity contribution in [2.24, 2.45) is 0 Å². The third-order valence-electron chi connectivity index (χ3n) is 1.56. The third-order valence-corrected chi connectivity index (χ3v) is 1.73. The van der Waals surface area contributed by atoms with Crippen LogP contribution >= 0.6 is 11.6 Å². The lowest BCUT2D eigenvalue weighted by Crippen LogP contribution is -2.29. The van der Waals surface area contributed by atoms with Crippen LogP contribution in [0.3, 0.4) is 0 Å². The number of hydrogen-bond acceptors (Lipinski definition) is 3. The molecule has 0 N–H and O–H groups in total. The van der Waals surface area contributed by atoms with Crippen LogP contribution in [0.25, 0.3) is 0 Å². The van der Waals surface area contributed by atoms with E-state index >= 15 is 0 Å². The molecule has 0 rings (SSSR count). The van der Waals surface area contributed by atoms with Crippen LogP contribution in [0.4, 0.5) is 0 Å². The zero-order valence-corrected chi connectivity index (χ0v) is 8.43. The van der Waals surface area contributed by atoms with E-state index in [2.05, 4.69) is 11.8 Å². The predicted octanol–water partition coefficient (Wildman–Crippen LogP) is 1.11. The number of esters is 1. The number of rotatable bonds is 6. The van der Waals surface area contributed by atoms with Crippen molar-refractivity contribution in [3.63, 3.8) is 0 Å². The molecule has 0 saturated carbocycles. The summed E-state index contributed by atoms with van der Waals surface area (Å²) in [5.41, 5.74) is 0. The largest absolute Gasteiger partial charge is 0.465 e. The molecule has 0 aliphatic heterocycles. The maximum atomic E-state index is 10.4. The van der Waals surface area contributed by atoms with Gasteiger partial charge in [-0.1, -0.05) is 6.92 Å². The molecule has 0 bridgehead atoms. The lowest BCUT2D eigenvalue weighted by Gasteiger charge is -2.18. The van der Waals surface area contributed by atoms with Gasteiger partial charge in [0.25, 0.3) is 0 Å². The normalized spacial score (nSPS) is 10.3. The predicted molar refractivity (Wildman–Crippen MR) is 49.5 cm³/mol. The number of carbonyl (C=O) groups excluding carboxylic acids is 1. The Morgan fingerprint density at radius 3 is 2.58 bits per heavy atom. The molecule has 12 heavy (non-hydrogen) atoms. The minimum Gasteiger partial charge on any atom is -0.465 e. The Morgan fingerprint density at radius 1 is 1.50 bits per heavy atom. The fraction of sp³-hybridized carbons (Fsp3) is 0.875. The highest BCUT2D eigenvalue weighted by atomic mass is 35.5. The van der Waals surface area contributed by atoms with Crippen LogP contribution in [0, 0.1) is 0 Å². The Hall–Kier alpha value is -0.280. The van der Waals surface area contributed by atoms with E-state index in [1.54, 1.807) is 0 Å². The van der Waals surface area contributed by atoms with Crippen molar-refractivity contribution in [2.45, 2.75) is 13.8 Å². The second-order valence-electron chi connectivity index (χ2n) is 2.46. The minimum absolute atomic E-state index is 0.225. The van der Waals surface area contributed by atoms with Gasteiger partial charge in [0.2, 0.25) is 0 Å². The van der Waals surface area contributed by atoms with Crippen LogP contribution in [-0.4, -0.2) is 43.0 Å². The van der Waals surface area contributed by atoms with Crippen molar-refractivity contribution in [1.29, 1.82) is 0 Å². The van der Waals surface area contributed by atoms with E-state index in [-0.39, 0.29) is 5.97 Å². The quantitative estimate of drug-likeness (QED) is 0.468. The van der Waals surface area contributed by atoms with Crippen molar-refractivity contribution in [3.05, 3.63) is 0 Å². The molecule has 0 aromatic carbocycles. The van der Waals surface area contributed by atoms with Gasteiger partial charge >= 0.3 is 5.97 Å². The zero-order chi connectivity index (χ0) is 9.40. The number of hydrogen-bond donors (Lipinski definition) is 0. The molecule has 0 fully saturated rings. The molecule has 4 heteroatoms. The molecule has 0 aromatic rings. The highest BCUT2D eigenvalue weighted by Crippen LogP contribution is 1.89. The highest BCUT2D eigenvalue weighted by molar-refractivity contribution is 6.18. The Kier molecular flexibility index (Phi) is 7.20. The summed E-state index contributed by atoms with van der Waals surface area (Å²) in [6.07, 6.45) is 0. The lowest BCUT2D eigenvalue weighted by molar-refractivity contribution is -0.141. The average Bonchev–Trinajstić information content (AvgIpc) is 2.02. The van der Waals surface area contributed by atoms with Crippen molar-refractivity contribution >= 4 is 17.6 Å². The summed E-state index contributed by atoms with van der Waals surface area (Å²) in [7, 11) is 0. The van der Waals surface area contributed by atoms with Gasteiger partial charge in [-0.3, -0.25) is 9.69 Å². The Bertz CT molecular complexity index is 130. The molecule has 0 aliphatic rings. The SMILES string of the molecule is CCN(CCCl)CCOC(C)=O. The maximum Gasteiger partial charge on any atom is 0.302 e. The molecule has 0 aliphatic carbocycles. The third kappa shape index (κ3) is 6.43. The van der Waals surface area contributed by atoms with Gasteiger partial charge in [0.1, 0.15) is 6.61 Å². The van der Waals surface area contributed by atoms with Crippen molar-refractivity contribution < 1.29 is 9.53 Å². The second kappa shape index (κ2) is 7.37. The Labute approximate surface area is 78.6 Å². The highest BCUT2D eigenvalue weighted by Gasteiger charge is 2.01. The summed E-state index contributed by atoms with van der Waals surface area (Å²) >= 11 is 5.57. The lowest BCUT2D eigenvalue weighted by atomic mass is 10.5. The molecule has 0 saturated heterocycles. The van der Waals surface area contributed by atoms with Crippen molar-refractivity contribution in [2.75, 3.05) is 32.1 Å². The molecule has 3 nitrogen and oxygen atoms in total. The monoisotopic (exact) mass is 193 g/mol. The van der Waals surface area contributed by atoms with Gasteiger partial charge in [0.05, 0.1) is 0 Å². The average molecular weight is 194 g/mol. The van der Waals surface area contributed by atoms with Gasteiger partial charge in [-0.15, -0.1) is 11.6 Å². The number of likely N-dealkylation sites (N-methyl/N-ethyl adjacent to an activating group) is 1. The van der Waals surface area contributed by atoms with Crippen LogP contribution in [0.15, 0.2) is 0 Å². The number of ether oxygens (including phenoxy) is 1. The maximum absolute atomic E-state index is 10.4. The van der Waals surface area contributed by atoms with Crippen molar-refractivity contribution in [1.82, 2.24) is 4.90 Å². The second-order valence-corrected chi connectivity index (χ2v) is 2.84. The standard InChI is InChI=1S/C8H16ClNO2/c1-3-10(5-4-9)6-7-12-8(2)11/h3-7H2,1-2H3. The van der Waals surface area contributed by atoms with Gasteiger partial charge in [-0.2, -0.15) is 0 Å². The molecule has 72 valence electrons. The first-order valence-electron chi connectivity index (χ1n) is 4.12. The van der Waals surface area contributed by atoms with Crippen LogP contribution in [0.5, 0.6) is 0 Å². The Balaban J connectivity index is 3.37. The molecule has 0 radical (unpaired) electrons. The molecule has 0 amide bonds. The first-order chi connectivity index (χ1) is 5.70. The summed E-state index contributed by atoms with van der Waals surface area (Å²) in [5, 5.41) is 0. The van der Waals surface area contributed by atoms with E-state index in [1.807, 2.05) is 0 Å². The summed E-state index contributed by atoms with van der Waals surface area (Å²) < 4.78 is 4.80. The molecule has 0 aromatic heterocycles. The first kappa shape index (κ1) is 11.7. The molecular weight excluding hydrogens is 178 g/mol. The molecule has 0 unspecified atom stereocenters. The van der Waals surface area contributed by atoms with Crippen molar-refractivity contribution in [3.8, 4) is 0 Å². The van der Waals surface area contributed by atoms with Crippen LogP contribution in [-0.2, 0) is 9.53 Å². The minimum atomic E-state index is -0.225. The van der Waals surface area contributed by atoms with Gasteiger partial charge in [-0.05, 0) is 6.54 Å². The summed E-state index contributed by atoms with van der Waals surface area (Å²) in [6, 6.07) is 0. The number of carbonyl (C=O) groups is 1. The smallest absolute Gasteiger partial charge is 0.302 e. The van der Waals surface area contributed by atoms with E-state index in [4.69, 9.17) is 16.3 Å². The summed E-state index contributed by atoms with van der Waals surface area (Å²) in [4.78, 5) is 12.5. The summed E-state index contributed by atoms with van der Waals surface area (Å²) in [5.74, 6) is 0.394. The fourth-order valence-electron chi connectivity index (χ4n) is 0.866. The number of halogens is 1. The molecule has 0 spiro atoms. The van der Waals surface area contributed by atoms with E-state index in [9.17, 15) is 4.79 Å². The number of nitrogens with zero attached hydrogens (tertiary/aromatic N) is 1. The zero-order valence-electron chi connectivity index (χ0n) is 7.68. The van der Waals surface area contributed by atoms with Crippen LogP contribution < -0.4 is 0 Å². The van der Waals surface area contributed by atoms with Gasteiger partial charge in [-0.25, -0.2) is 0 Å². The topological polar surface area (TPSA) is 29.5 Å². The molecule has 0 atom stereocenters.